The molecule has 0 aromatic carbocycles. The molecule has 6 heteroatoms. The van der Waals surface area contributed by atoms with Gasteiger partial charge in [-0.2, -0.15) is 0 Å². The number of pyridine rings is 2. The minimum atomic E-state index is -0.119. The van der Waals surface area contributed by atoms with Crippen LogP contribution in [0.5, 0.6) is 5.88 Å². The maximum Gasteiger partial charge on any atom is 0.256 e. The van der Waals surface area contributed by atoms with E-state index in [1.807, 2.05) is 19.2 Å². The highest BCUT2D eigenvalue weighted by molar-refractivity contribution is 5.96. The minimum absolute atomic E-state index is 0.119. The van der Waals surface area contributed by atoms with Crippen LogP contribution in [0.2, 0.25) is 0 Å². The van der Waals surface area contributed by atoms with E-state index in [1.54, 1.807) is 24.5 Å². The molecule has 2 aromatic rings. The Balaban J connectivity index is 1.49. The number of aromatic nitrogens is 2. The molecule has 0 atom stereocenters. The summed E-state index contributed by atoms with van der Waals surface area (Å²) in [6, 6.07) is 7.56. The van der Waals surface area contributed by atoms with Gasteiger partial charge in [0.2, 0.25) is 5.88 Å². The lowest BCUT2D eigenvalue weighted by Gasteiger charge is -2.33. The number of carbonyl (C=O) groups excluding carboxylic acids is 1. The van der Waals surface area contributed by atoms with Crippen LogP contribution < -0.4 is 15.0 Å². The summed E-state index contributed by atoms with van der Waals surface area (Å²) >= 11 is 0. The summed E-state index contributed by atoms with van der Waals surface area (Å²) in [5.74, 6) is 0.768. The third-order valence-corrected chi connectivity index (χ3v) is 4.47. The largest absolute Gasteiger partial charge is 0.477 e. The lowest BCUT2D eigenvalue weighted by Crippen LogP contribution is -2.38. The maximum absolute atomic E-state index is 12.4. The Hall–Kier alpha value is -2.63. The highest BCUT2D eigenvalue weighted by Crippen LogP contribution is 2.22. The molecule has 3 heterocycles. The molecule has 2 aromatic heterocycles. The van der Waals surface area contributed by atoms with E-state index in [2.05, 4.69) is 26.3 Å². The van der Waals surface area contributed by atoms with Crippen molar-refractivity contribution in [3.8, 4) is 5.88 Å². The Bertz CT molecular complexity index is 685. The molecule has 3 rings (SSSR count). The molecule has 0 bridgehead atoms. The normalized spacial score (nSPS) is 15.0. The number of carbonyl (C=O) groups is 1. The fourth-order valence-corrected chi connectivity index (χ4v) is 3.08. The molecule has 1 fully saturated rings. The number of ether oxygens (including phenoxy) is 1. The van der Waals surface area contributed by atoms with E-state index in [9.17, 15) is 4.79 Å². The van der Waals surface area contributed by atoms with Crippen LogP contribution in [0.4, 0.5) is 5.69 Å². The van der Waals surface area contributed by atoms with Crippen molar-refractivity contribution in [2.75, 3.05) is 31.1 Å². The van der Waals surface area contributed by atoms with Gasteiger partial charge in [-0.1, -0.05) is 0 Å². The van der Waals surface area contributed by atoms with Crippen LogP contribution in [-0.2, 0) is 0 Å². The average molecular weight is 340 g/mol. The van der Waals surface area contributed by atoms with Gasteiger partial charge >= 0.3 is 0 Å². The Morgan fingerprint density at radius 2 is 2.08 bits per heavy atom. The van der Waals surface area contributed by atoms with Gasteiger partial charge in [0.1, 0.15) is 5.56 Å². The van der Waals surface area contributed by atoms with E-state index < -0.39 is 0 Å². The van der Waals surface area contributed by atoms with Crippen molar-refractivity contribution in [1.29, 1.82) is 0 Å². The van der Waals surface area contributed by atoms with Crippen LogP contribution >= 0.6 is 0 Å². The molecule has 0 unspecified atom stereocenters. The summed E-state index contributed by atoms with van der Waals surface area (Å²) in [5.41, 5.74) is 1.67. The summed E-state index contributed by atoms with van der Waals surface area (Å²) in [5, 5.41) is 3.03. The number of piperidine rings is 1. The molecule has 1 amide bonds. The quantitative estimate of drug-likeness (QED) is 0.875. The Labute approximate surface area is 148 Å². The molecule has 0 aliphatic carbocycles. The van der Waals surface area contributed by atoms with E-state index in [0.29, 0.717) is 30.5 Å². The lowest BCUT2D eigenvalue weighted by atomic mass is 9.96. The van der Waals surface area contributed by atoms with Crippen LogP contribution in [0.15, 0.2) is 42.9 Å². The van der Waals surface area contributed by atoms with Gasteiger partial charge in [-0.05, 0) is 49.9 Å². The number of nitrogens with one attached hydrogen (secondary N) is 1. The van der Waals surface area contributed by atoms with Gasteiger partial charge in [-0.15, -0.1) is 0 Å². The van der Waals surface area contributed by atoms with Crippen LogP contribution in [0, 0.1) is 5.92 Å². The molecule has 25 heavy (non-hydrogen) atoms. The number of rotatable bonds is 6. The van der Waals surface area contributed by atoms with Crippen LogP contribution in [0.3, 0.4) is 0 Å². The first kappa shape index (κ1) is 17.2. The van der Waals surface area contributed by atoms with E-state index >= 15 is 0 Å². The number of amides is 1. The first-order chi connectivity index (χ1) is 12.3. The molecule has 1 saturated heterocycles. The van der Waals surface area contributed by atoms with Crippen molar-refractivity contribution < 1.29 is 9.53 Å². The lowest BCUT2D eigenvalue weighted by molar-refractivity contribution is 0.0940. The monoisotopic (exact) mass is 340 g/mol. The number of hydrogen-bond acceptors (Lipinski definition) is 5. The van der Waals surface area contributed by atoms with Gasteiger partial charge in [0.25, 0.3) is 5.91 Å². The summed E-state index contributed by atoms with van der Waals surface area (Å²) < 4.78 is 5.43. The zero-order valence-electron chi connectivity index (χ0n) is 14.5. The topological polar surface area (TPSA) is 67.3 Å². The van der Waals surface area contributed by atoms with Gasteiger partial charge in [0.05, 0.1) is 18.5 Å². The predicted molar refractivity (Wildman–Crippen MR) is 96.9 cm³/mol. The van der Waals surface area contributed by atoms with Gasteiger partial charge in [0, 0.05) is 32.0 Å². The number of nitrogens with zero attached hydrogens (tertiary/aromatic N) is 3. The fourth-order valence-electron chi connectivity index (χ4n) is 3.08. The maximum atomic E-state index is 12.4. The smallest absolute Gasteiger partial charge is 0.256 e. The highest BCUT2D eigenvalue weighted by Gasteiger charge is 2.21. The fraction of sp³-hybridized carbons (Fsp3) is 0.421. The minimum Gasteiger partial charge on any atom is -0.477 e. The van der Waals surface area contributed by atoms with Crippen molar-refractivity contribution in [3.05, 3.63) is 48.4 Å². The molecular weight excluding hydrogens is 316 g/mol. The second-order valence-corrected chi connectivity index (χ2v) is 6.14. The van der Waals surface area contributed by atoms with Gasteiger partial charge in [0.15, 0.2) is 0 Å². The van der Waals surface area contributed by atoms with Crippen LogP contribution in [0.1, 0.15) is 30.1 Å². The van der Waals surface area contributed by atoms with Gasteiger partial charge in [-0.3, -0.25) is 9.78 Å². The highest BCUT2D eigenvalue weighted by atomic mass is 16.5. The summed E-state index contributed by atoms with van der Waals surface area (Å²) in [4.78, 5) is 23.1. The number of hydrogen-bond donors (Lipinski definition) is 1. The van der Waals surface area contributed by atoms with Crippen molar-refractivity contribution in [3.63, 3.8) is 0 Å². The SMILES string of the molecule is CCOc1ncccc1C(=O)NCC1CCN(c2cccnc2)CC1. The average Bonchev–Trinajstić information content (AvgIpc) is 2.68. The van der Waals surface area contributed by atoms with Gasteiger partial charge < -0.3 is 15.0 Å². The molecule has 1 N–H and O–H groups in total. The molecule has 0 radical (unpaired) electrons. The molecular formula is C19H24N4O2. The molecule has 6 nitrogen and oxygen atoms in total. The summed E-state index contributed by atoms with van der Waals surface area (Å²) in [7, 11) is 0. The first-order valence-corrected chi connectivity index (χ1v) is 8.79. The summed E-state index contributed by atoms with van der Waals surface area (Å²) in [6.45, 7) is 5.03. The van der Waals surface area contributed by atoms with E-state index in [-0.39, 0.29) is 5.91 Å². The molecule has 0 saturated carbocycles. The van der Waals surface area contributed by atoms with Crippen molar-refractivity contribution in [2.45, 2.75) is 19.8 Å². The second-order valence-electron chi connectivity index (χ2n) is 6.14. The van der Waals surface area contributed by atoms with E-state index in [4.69, 9.17) is 4.74 Å². The Morgan fingerprint density at radius 3 is 2.80 bits per heavy atom. The van der Waals surface area contributed by atoms with Crippen LogP contribution in [-0.4, -0.2) is 42.1 Å². The van der Waals surface area contributed by atoms with Gasteiger partial charge in [-0.25, -0.2) is 4.98 Å². The second kappa shape index (κ2) is 8.46. The predicted octanol–water partition coefficient (Wildman–Crippen LogP) is 2.52. The van der Waals surface area contributed by atoms with E-state index in [0.717, 1.165) is 25.9 Å². The summed E-state index contributed by atoms with van der Waals surface area (Å²) in [6.07, 6.45) is 7.44. The molecule has 0 spiro atoms. The molecule has 1 aliphatic rings. The zero-order chi connectivity index (χ0) is 17.5. The number of anilines is 1. The third kappa shape index (κ3) is 4.47. The van der Waals surface area contributed by atoms with Crippen molar-refractivity contribution in [1.82, 2.24) is 15.3 Å². The Morgan fingerprint density at radius 1 is 1.28 bits per heavy atom. The standard InChI is InChI=1S/C19H24N4O2/c1-2-25-19-17(6-4-10-21-19)18(24)22-13-15-7-11-23(12-8-15)16-5-3-9-20-14-16/h3-6,9-10,14-15H,2,7-8,11-13H2,1H3,(H,22,24). The zero-order valence-corrected chi connectivity index (χ0v) is 14.5. The van der Waals surface area contributed by atoms with Crippen LogP contribution in [0.25, 0.3) is 0 Å². The Kier molecular flexibility index (Phi) is 5.82. The third-order valence-electron chi connectivity index (χ3n) is 4.47. The van der Waals surface area contributed by atoms with E-state index in [1.165, 1.54) is 5.69 Å². The van der Waals surface area contributed by atoms with Crippen molar-refractivity contribution in [2.24, 2.45) is 5.92 Å². The first-order valence-electron chi connectivity index (χ1n) is 8.79. The molecule has 1 aliphatic heterocycles. The molecule has 132 valence electrons. The van der Waals surface area contributed by atoms with Crippen molar-refractivity contribution >= 4 is 11.6 Å².